The van der Waals surface area contributed by atoms with Crippen molar-refractivity contribution in [3.05, 3.63) is 34.3 Å². The van der Waals surface area contributed by atoms with Crippen LogP contribution in [0.25, 0.3) is 10.9 Å². The summed E-state index contributed by atoms with van der Waals surface area (Å²) in [5.74, 6) is 0.963. The van der Waals surface area contributed by atoms with Gasteiger partial charge < -0.3 is 5.32 Å². The fraction of sp³-hybridized carbons (Fsp3) is 0.357. The van der Waals surface area contributed by atoms with Crippen molar-refractivity contribution < 1.29 is 0 Å². The molecule has 0 spiro atoms. The summed E-state index contributed by atoms with van der Waals surface area (Å²) in [6, 6.07) is 6.19. The molecule has 0 aliphatic heterocycles. The zero-order chi connectivity index (χ0) is 12.4. The van der Waals surface area contributed by atoms with Gasteiger partial charge in [-0.05, 0) is 36.6 Å². The second kappa shape index (κ2) is 4.92. The summed E-state index contributed by atoms with van der Waals surface area (Å²) in [6.45, 7) is 4.19. The van der Waals surface area contributed by atoms with Crippen molar-refractivity contribution in [2.45, 2.75) is 26.7 Å². The lowest BCUT2D eigenvalue weighted by Crippen LogP contribution is -2.00. The lowest BCUT2D eigenvalue weighted by Gasteiger charge is -2.11. The Morgan fingerprint density at radius 3 is 2.76 bits per heavy atom. The highest BCUT2D eigenvalue weighted by Crippen LogP contribution is 2.27. The van der Waals surface area contributed by atoms with Gasteiger partial charge >= 0.3 is 0 Å². The summed E-state index contributed by atoms with van der Waals surface area (Å²) >= 11 is 6.12. The second-order valence-electron chi connectivity index (χ2n) is 4.24. The minimum Gasteiger partial charge on any atom is -0.373 e. The molecule has 2 rings (SSSR count). The number of hydrogen-bond donors (Lipinski definition) is 1. The molecule has 17 heavy (non-hydrogen) atoms. The molecular weight excluding hydrogens is 232 g/mol. The first kappa shape index (κ1) is 12.2. The van der Waals surface area contributed by atoms with Gasteiger partial charge in [0.15, 0.2) is 0 Å². The molecule has 0 saturated heterocycles. The van der Waals surface area contributed by atoms with Crippen molar-refractivity contribution in [3.8, 4) is 0 Å². The highest BCUT2D eigenvalue weighted by molar-refractivity contribution is 6.32. The average molecular weight is 249 g/mol. The minimum atomic E-state index is 0.773. The van der Waals surface area contributed by atoms with Gasteiger partial charge in [0.05, 0.1) is 5.52 Å². The highest BCUT2D eigenvalue weighted by atomic mass is 35.5. The summed E-state index contributed by atoms with van der Waals surface area (Å²) in [5.41, 5.74) is 3.30. The van der Waals surface area contributed by atoms with E-state index in [1.165, 1.54) is 5.56 Å². The van der Waals surface area contributed by atoms with E-state index in [2.05, 4.69) is 23.3 Å². The van der Waals surface area contributed by atoms with E-state index in [0.717, 1.165) is 40.1 Å². The van der Waals surface area contributed by atoms with Crippen molar-refractivity contribution in [2.75, 3.05) is 12.4 Å². The molecule has 0 bridgehead atoms. The van der Waals surface area contributed by atoms with E-state index < -0.39 is 0 Å². The number of halogens is 1. The van der Waals surface area contributed by atoms with Crippen molar-refractivity contribution >= 4 is 28.3 Å². The number of anilines is 1. The average Bonchev–Trinajstić information content (AvgIpc) is 2.34. The number of pyridine rings is 1. The fourth-order valence-electron chi connectivity index (χ4n) is 2.08. The van der Waals surface area contributed by atoms with Crippen molar-refractivity contribution in [1.29, 1.82) is 0 Å². The minimum absolute atomic E-state index is 0.773. The number of fused-ring (bicyclic) bond motifs is 1. The normalized spacial score (nSPS) is 10.8. The van der Waals surface area contributed by atoms with E-state index in [0.29, 0.717) is 0 Å². The lowest BCUT2D eigenvalue weighted by molar-refractivity contribution is 0.918. The molecule has 0 saturated carbocycles. The van der Waals surface area contributed by atoms with E-state index in [1.807, 2.05) is 26.1 Å². The van der Waals surface area contributed by atoms with Crippen LogP contribution in [-0.4, -0.2) is 12.0 Å². The van der Waals surface area contributed by atoms with Crippen LogP contribution in [0.4, 0.5) is 5.82 Å². The molecule has 1 aromatic carbocycles. The Bertz CT molecular complexity index is 549. The molecule has 0 aliphatic rings. The Hall–Kier alpha value is -1.28. The van der Waals surface area contributed by atoms with E-state index in [-0.39, 0.29) is 0 Å². The molecule has 0 unspecified atom stereocenters. The lowest BCUT2D eigenvalue weighted by atomic mass is 10.1. The van der Waals surface area contributed by atoms with Crippen LogP contribution >= 0.6 is 11.6 Å². The van der Waals surface area contributed by atoms with Gasteiger partial charge in [0.25, 0.3) is 0 Å². The summed E-state index contributed by atoms with van der Waals surface area (Å²) in [4.78, 5) is 4.68. The van der Waals surface area contributed by atoms with Crippen LogP contribution in [0.2, 0.25) is 5.02 Å². The molecule has 0 amide bonds. The maximum Gasteiger partial charge on any atom is 0.129 e. The molecular formula is C14H17ClN2. The van der Waals surface area contributed by atoms with Gasteiger partial charge in [0, 0.05) is 17.5 Å². The first-order valence-electron chi connectivity index (χ1n) is 5.93. The monoisotopic (exact) mass is 248 g/mol. The van der Waals surface area contributed by atoms with Crippen LogP contribution < -0.4 is 5.32 Å². The Morgan fingerprint density at radius 1 is 1.35 bits per heavy atom. The molecule has 0 fully saturated rings. The quantitative estimate of drug-likeness (QED) is 0.881. The Balaban J connectivity index is 2.69. The third kappa shape index (κ3) is 2.22. The SMILES string of the molecule is CCCc1cc2ccc(Cl)c(C)c2nc1NC. The van der Waals surface area contributed by atoms with Gasteiger partial charge in [-0.3, -0.25) is 0 Å². The van der Waals surface area contributed by atoms with Gasteiger partial charge in [-0.2, -0.15) is 0 Å². The van der Waals surface area contributed by atoms with Gasteiger partial charge in [0.2, 0.25) is 0 Å². The standard InChI is InChI=1S/C14H17ClN2/c1-4-5-11-8-10-6-7-12(15)9(2)13(10)17-14(11)16-3/h6-8H,4-5H2,1-3H3,(H,16,17). The third-order valence-electron chi connectivity index (χ3n) is 3.01. The maximum atomic E-state index is 6.12. The molecule has 0 aliphatic carbocycles. The summed E-state index contributed by atoms with van der Waals surface area (Å²) in [6.07, 6.45) is 2.16. The summed E-state index contributed by atoms with van der Waals surface area (Å²) < 4.78 is 0. The summed E-state index contributed by atoms with van der Waals surface area (Å²) in [5, 5.41) is 5.10. The maximum absolute atomic E-state index is 6.12. The number of rotatable bonds is 3. The number of nitrogens with one attached hydrogen (secondary N) is 1. The van der Waals surface area contributed by atoms with E-state index in [1.54, 1.807) is 0 Å². The van der Waals surface area contributed by atoms with Gasteiger partial charge in [-0.1, -0.05) is 31.0 Å². The predicted octanol–water partition coefficient (Wildman–Crippen LogP) is 4.19. The van der Waals surface area contributed by atoms with Crippen molar-refractivity contribution in [1.82, 2.24) is 4.98 Å². The van der Waals surface area contributed by atoms with Gasteiger partial charge in [-0.25, -0.2) is 4.98 Å². The van der Waals surface area contributed by atoms with Crippen molar-refractivity contribution in [3.63, 3.8) is 0 Å². The van der Waals surface area contributed by atoms with Crippen LogP contribution in [0.3, 0.4) is 0 Å². The van der Waals surface area contributed by atoms with Gasteiger partial charge in [0.1, 0.15) is 5.82 Å². The predicted molar refractivity (Wildman–Crippen MR) is 75.0 cm³/mol. The Labute approximate surface area is 107 Å². The van der Waals surface area contributed by atoms with E-state index in [4.69, 9.17) is 11.6 Å². The first-order chi connectivity index (χ1) is 8.17. The molecule has 2 nitrogen and oxygen atoms in total. The van der Waals surface area contributed by atoms with Crippen LogP contribution in [0.15, 0.2) is 18.2 Å². The Kier molecular flexibility index (Phi) is 3.53. The Morgan fingerprint density at radius 2 is 2.12 bits per heavy atom. The molecule has 0 atom stereocenters. The zero-order valence-electron chi connectivity index (χ0n) is 10.5. The zero-order valence-corrected chi connectivity index (χ0v) is 11.2. The van der Waals surface area contributed by atoms with Crippen molar-refractivity contribution in [2.24, 2.45) is 0 Å². The molecule has 3 heteroatoms. The molecule has 1 aromatic heterocycles. The second-order valence-corrected chi connectivity index (χ2v) is 4.65. The largest absolute Gasteiger partial charge is 0.373 e. The third-order valence-corrected chi connectivity index (χ3v) is 3.42. The number of aryl methyl sites for hydroxylation is 2. The molecule has 1 heterocycles. The first-order valence-corrected chi connectivity index (χ1v) is 6.31. The van der Waals surface area contributed by atoms with E-state index >= 15 is 0 Å². The smallest absolute Gasteiger partial charge is 0.129 e. The van der Waals surface area contributed by atoms with E-state index in [9.17, 15) is 0 Å². The molecule has 1 N–H and O–H groups in total. The van der Waals surface area contributed by atoms with Crippen LogP contribution in [0, 0.1) is 6.92 Å². The number of aromatic nitrogens is 1. The van der Waals surface area contributed by atoms with Gasteiger partial charge in [-0.15, -0.1) is 0 Å². The number of nitrogens with zero attached hydrogens (tertiary/aromatic N) is 1. The number of benzene rings is 1. The van der Waals surface area contributed by atoms with Crippen LogP contribution in [-0.2, 0) is 6.42 Å². The topological polar surface area (TPSA) is 24.9 Å². The number of hydrogen-bond acceptors (Lipinski definition) is 2. The molecule has 0 radical (unpaired) electrons. The fourth-order valence-corrected chi connectivity index (χ4v) is 2.23. The highest BCUT2D eigenvalue weighted by Gasteiger charge is 2.08. The summed E-state index contributed by atoms with van der Waals surface area (Å²) in [7, 11) is 1.91. The van der Waals surface area contributed by atoms with Crippen LogP contribution in [0.5, 0.6) is 0 Å². The van der Waals surface area contributed by atoms with Crippen LogP contribution in [0.1, 0.15) is 24.5 Å². The molecule has 2 aromatic rings. The molecule has 90 valence electrons.